The molecule has 1 aromatic carbocycles. The number of benzene rings is 1. The number of para-hydroxylation sites is 1. The number of hydrogen-bond donors (Lipinski definition) is 1. The van der Waals surface area contributed by atoms with E-state index in [1.54, 1.807) is 12.4 Å². The molecule has 1 saturated carbocycles. The van der Waals surface area contributed by atoms with Crippen LogP contribution in [0.15, 0.2) is 47.7 Å². The van der Waals surface area contributed by atoms with Gasteiger partial charge < -0.3 is 20.3 Å². The lowest BCUT2D eigenvalue weighted by Crippen LogP contribution is -2.51. The summed E-state index contributed by atoms with van der Waals surface area (Å²) >= 11 is 0. The maximum Gasteiger partial charge on any atom is 0.225 e. The summed E-state index contributed by atoms with van der Waals surface area (Å²) in [6.07, 6.45) is 7.46. The quantitative estimate of drug-likeness (QED) is 0.391. The number of ether oxygens (including phenoxy) is 1. The molecular formula is C20H27IN6O. The molecule has 2 aromatic rings. The van der Waals surface area contributed by atoms with Gasteiger partial charge in [-0.05, 0) is 31.4 Å². The Morgan fingerprint density at radius 2 is 1.79 bits per heavy atom. The van der Waals surface area contributed by atoms with Gasteiger partial charge in [0.25, 0.3) is 0 Å². The minimum absolute atomic E-state index is 0. The predicted molar refractivity (Wildman–Crippen MR) is 121 cm³/mol. The molecule has 2 N–H and O–H groups in total. The smallest absolute Gasteiger partial charge is 0.225 e. The standard InChI is InChI=1S/C20H26N6O.HI/c21-19(25-11-13-26(14-12-25)20-22-9-4-10-23-20)24-15-16-5-1-2-8-18(16)27-17-6-3-7-17;/h1-2,4-5,8-10,17H,3,6-7,11-15H2,(H2,21,24);1H. The van der Waals surface area contributed by atoms with Gasteiger partial charge in [-0.15, -0.1) is 24.0 Å². The molecule has 0 spiro atoms. The van der Waals surface area contributed by atoms with Crippen LogP contribution in [0.5, 0.6) is 5.75 Å². The van der Waals surface area contributed by atoms with E-state index >= 15 is 0 Å². The highest BCUT2D eigenvalue weighted by molar-refractivity contribution is 14.0. The highest BCUT2D eigenvalue weighted by Gasteiger charge is 2.21. The molecule has 1 aliphatic heterocycles. The van der Waals surface area contributed by atoms with Crippen LogP contribution >= 0.6 is 24.0 Å². The molecule has 0 unspecified atom stereocenters. The van der Waals surface area contributed by atoms with E-state index < -0.39 is 0 Å². The summed E-state index contributed by atoms with van der Waals surface area (Å²) in [6.45, 7) is 3.83. The van der Waals surface area contributed by atoms with Gasteiger partial charge in [0.2, 0.25) is 5.95 Å². The zero-order chi connectivity index (χ0) is 18.5. The number of rotatable bonds is 5. The zero-order valence-corrected chi connectivity index (χ0v) is 18.2. The van der Waals surface area contributed by atoms with Crippen molar-refractivity contribution in [2.45, 2.75) is 31.9 Å². The summed E-state index contributed by atoms with van der Waals surface area (Å²) in [5, 5.41) is 0. The molecule has 2 fully saturated rings. The Bertz CT molecular complexity index is 775. The predicted octanol–water partition coefficient (Wildman–Crippen LogP) is 2.66. The first-order chi connectivity index (χ1) is 13.3. The average Bonchev–Trinajstić information content (AvgIpc) is 2.70. The number of nitrogens with zero attached hydrogens (tertiary/aromatic N) is 5. The third kappa shape index (κ3) is 5.03. The maximum atomic E-state index is 6.25. The van der Waals surface area contributed by atoms with Crippen LogP contribution < -0.4 is 15.4 Å². The Hall–Kier alpha value is -2.10. The first-order valence-corrected chi connectivity index (χ1v) is 9.61. The zero-order valence-electron chi connectivity index (χ0n) is 15.9. The van der Waals surface area contributed by atoms with Crippen LogP contribution in [0.3, 0.4) is 0 Å². The highest BCUT2D eigenvalue weighted by atomic mass is 127. The normalized spacial score (nSPS) is 17.6. The van der Waals surface area contributed by atoms with Crippen molar-refractivity contribution in [3.63, 3.8) is 0 Å². The summed E-state index contributed by atoms with van der Waals surface area (Å²) in [5.41, 5.74) is 7.34. The molecule has 1 aromatic heterocycles. The monoisotopic (exact) mass is 494 g/mol. The molecule has 0 amide bonds. The third-order valence-electron chi connectivity index (χ3n) is 5.17. The second-order valence-electron chi connectivity index (χ2n) is 6.98. The number of aromatic nitrogens is 2. The number of anilines is 1. The summed E-state index contributed by atoms with van der Waals surface area (Å²) < 4.78 is 6.08. The van der Waals surface area contributed by atoms with Gasteiger partial charge in [0, 0.05) is 44.1 Å². The summed E-state index contributed by atoms with van der Waals surface area (Å²) in [5.74, 6) is 2.29. The fraction of sp³-hybridized carbons (Fsp3) is 0.450. The molecule has 0 atom stereocenters. The largest absolute Gasteiger partial charge is 0.490 e. The minimum atomic E-state index is 0. The number of guanidine groups is 1. The Balaban J connectivity index is 0.00000225. The van der Waals surface area contributed by atoms with Gasteiger partial charge in [0.05, 0.1) is 12.6 Å². The second-order valence-corrected chi connectivity index (χ2v) is 6.98. The van der Waals surface area contributed by atoms with Crippen LogP contribution in [0.25, 0.3) is 0 Å². The van der Waals surface area contributed by atoms with Gasteiger partial charge in [0.1, 0.15) is 5.75 Å². The van der Waals surface area contributed by atoms with Crippen molar-refractivity contribution in [3.8, 4) is 5.75 Å². The van der Waals surface area contributed by atoms with Crippen molar-refractivity contribution in [2.75, 3.05) is 31.1 Å². The van der Waals surface area contributed by atoms with Gasteiger partial charge in [-0.2, -0.15) is 0 Å². The summed E-state index contributed by atoms with van der Waals surface area (Å²) in [4.78, 5) is 17.5. The topological polar surface area (TPSA) is 79.9 Å². The average molecular weight is 494 g/mol. The van der Waals surface area contributed by atoms with E-state index in [1.165, 1.54) is 6.42 Å². The van der Waals surface area contributed by atoms with Crippen LogP contribution in [0.4, 0.5) is 5.95 Å². The molecule has 7 nitrogen and oxygen atoms in total. The van der Waals surface area contributed by atoms with Crippen molar-refractivity contribution in [2.24, 2.45) is 10.7 Å². The van der Waals surface area contributed by atoms with Crippen LogP contribution in [-0.2, 0) is 6.54 Å². The molecule has 2 heterocycles. The number of halogens is 1. The molecule has 4 rings (SSSR count). The van der Waals surface area contributed by atoms with Crippen molar-refractivity contribution in [1.82, 2.24) is 14.9 Å². The second kappa shape index (κ2) is 9.90. The lowest BCUT2D eigenvalue weighted by molar-refractivity contribution is 0.119. The Labute approximate surface area is 183 Å². The van der Waals surface area contributed by atoms with Crippen LogP contribution in [0, 0.1) is 0 Å². The maximum absolute atomic E-state index is 6.25. The van der Waals surface area contributed by atoms with Crippen molar-refractivity contribution < 1.29 is 4.74 Å². The number of piperazine rings is 1. The van der Waals surface area contributed by atoms with Crippen molar-refractivity contribution in [1.29, 1.82) is 0 Å². The van der Waals surface area contributed by atoms with Crippen LogP contribution in [0.2, 0.25) is 0 Å². The highest BCUT2D eigenvalue weighted by Crippen LogP contribution is 2.28. The van der Waals surface area contributed by atoms with E-state index in [2.05, 4.69) is 30.8 Å². The van der Waals surface area contributed by atoms with Gasteiger partial charge in [-0.3, -0.25) is 0 Å². The van der Waals surface area contributed by atoms with E-state index in [-0.39, 0.29) is 24.0 Å². The molecule has 2 aliphatic rings. The molecule has 150 valence electrons. The van der Waals surface area contributed by atoms with Crippen LogP contribution in [-0.4, -0.2) is 53.1 Å². The van der Waals surface area contributed by atoms with Crippen molar-refractivity contribution >= 4 is 35.9 Å². The number of hydrogen-bond acceptors (Lipinski definition) is 5. The Kier molecular flexibility index (Phi) is 7.30. The van der Waals surface area contributed by atoms with Crippen LogP contribution in [0.1, 0.15) is 24.8 Å². The summed E-state index contributed by atoms with van der Waals surface area (Å²) in [7, 11) is 0. The van der Waals surface area contributed by atoms with E-state index in [4.69, 9.17) is 10.5 Å². The van der Waals surface area contributed by atoms with E-state index in [0.717, 1.165) is 56.3 Å². The number of nitrogens with two attached hydrogens (primary N) is 1. The third-order valence-corrected chi connectivity index (χ3v) is 5.17. The van der Waals surface area contributed by atoms with E-state index in [1.807, 2.05) is 24.3 Å². The molecule has 1 saturated heterocycles. The fourth-order valence-corrected chi connectivity index (χ4v) is 3.27. The van der Waals surface area contributed by atoms with Crippen molar-refractivity contribution in [3.05, 3.63) is 48.3 Å². The van der Waals surface area contributed by atoms with E-state index in [9.17, 15) is 0 Å². The Morgan fingerprint density at radius 1 is 1.07 bits per heavy atom. The molecule has 0 radical (unpaired) electrons. The molecule has 0 bridgehead atoms. The molecule has 28 heavy (non-hydrogen) atoms. The lowest BCUT2D eigenvalue weighted by Gasteiger charge is -2.35. The number of aliphatic imine (C=N–C) groups is 1. The van der Waals surface area contributed by atoms with Gasteiger partial charge in [0.15, 0.2) is 5.96 Å². The molecular weight excluding hydrogens is 467 g/mol. The molecule has 8 heteroatoms. The lowest BCUT2D eigenvalue weighted by atomic mass is 9.96. The summed E-state index contributed by atoms with van der Waals surface area (Å²) in [6, 6.07) is 9.95. The minimum Gasteiger partial charge on any atom is -0.490 e. The molecule has 1 aliphatic carbocycles. The Morgan fingerprint density at radius 3 is 2.46 bits per heavy atom. The van der Waals surface area contributed by atoms with Gasteiger partial charge >= 0.3 is 0 Å². The fourth-order valence-electron chi connectivity index (χ4n) is 3.27. The van der Waals surface area contributed by atoms with Gasteiger partial charge in [-0.1, -0.05) is 18.2 Å². The van der Waals surface area contributed by atoms with E-state index in [0.29, 0.717) is 18.6 Å². The SMILES string of the molecule is I.NC(=NCc1ccccc1OC1CCC1)N1CCN(c2ncccn2)CC1. The first-order valence-electron chi connectivity index (χ1n) is 9.61. The van der Waals surface area contributed by atoms with Gasteiger partial charge in [-0.25, -0.2) is 15.0 Å². The first kappa shape index (κ1) is 20.6.